The number of aromatic carboxylic acids is 1. The van der Waals surface area contributed by atoms with E-state index in [4.69, 9.17) is 10.8 Å². The summed E-state index contributed by atoms with van der Waals surface area (Å²) in [7, 11) is 0. The summed E-state index contributed by atoms with van der Waals surface area (Å²) < 4.78 is 0. The van der Waals surface area contributed by atoms with Crippen LogP contribution >= 0.6 is 11.3 Å². The van der Waals surface area contributed by atoms with Crippen molar-refractivity contribution in [2.75, 3.05) is 6.54 Å². The molecule has 0 amide bonds. The van der Waals surface area contributed by atoms with Gasteiger partial charge in [0.15, 0.2) is 0 Å². The Kier molecular flexibility index (Phi) is 4.04. The number of carbonyl (C=O) groups is 1. The van der Waals surface area contributed by atoms with Gasteiger partial charge >= 0.3 is 5.97 Å². The van der Waals surface area contributed by atoms with Gasteiger partial charge in [0.1, 0.15) is 4.88 Å². The van der Waals surface area contributed by atoms with Crippen molar-refractivity contribution in [2.24, 2.45) is 5.73 Å². The maximum atomic E-state index is 11.1. The molecule has 0 aliphatic heterocycles. The van der Waals surface area contributed by atoms with Crippen molar-refractivity contribution in [3.05, 3.63) is 15.6 Å². The Balaban J connectivity index is 3.06. The third kappa shape index (κ3) is 3.02. The minimum Gasteiger partial charge on any atom is -0.477 e. The zero-order valence-corrected chi connectivity index (χ0v) is 10.7. The molecule has 0 saturated heterocycles. The van der Waals surface area contributed by atoms with Crippen LogP contribution in [0.2, 0.25) is 0 Å². The lowest BCUT2D eigenvalue weighted by atomic mass is 9.91. The Hall–Kier alpha value is -0.940. The predicted molar refractivity (Wildman–Crippen MR) is 65.1 cm³/mol. The van der Waals surface area contributed by atoms with Crippen LogP contribution in [-0.2, 0) is 11.8 Å². The third-order valence-electron chi connectivity index (χ3n) is 2.17. The first-order valence-corrected chi connectivity index (χ1v) is 6.11. The monoisotopic (exact) mass is 242 g/mol. The fourth-order valence-corrected chi connectivity index (χ4v) is 2.53. The summed E-state index contributed by atoms with van der Waals surface area (Å²) in [6.45, 7) is 6.52. The zero-order chi connectivity index (χ0) is 12.3. The minimum atomic E-state index is -0.888. The second kappa shape index (κ2) is 4.93. The first-order valence-electron chi connectivity index (χ1n) is 5.29. The average Bonchev–Trinajstić information content (AvgIpc) is 2.58. The molecule has 0 saturated carbocycles. The Morgan fingerprint density at radius 2 is 2.12 bits per heavy atom. The molecule has 3 N–H and O–H groups in total. The fourth-order valence-electron chi connectivity index (χ4n) is 1.38. The van der Waals surface area contributed by atoms with Gasteiger partial charge in [-0.15, -0.1) is 11.3 Å². The van der Waals surface area contributed by atoms with E-state index in [1.807, 2.05) is 20.8 Å². The molecule has 0 fully saturated rings. The SMILES string of the molecule is CC(C)(C)c1nc(CCCN)sc1C(=O)O. The van der Waals surface area contributed by atoms with E-state index in [1.165, 1.54) is 11.3 Å². The summed E-state index contributed by atoms with van der Waals surface area (Å²) in [5.41, 5.74) is 5.87. The van der Waals surface area contributed by atoms with Crippen LogP contribution in [0, 0.1) is 0 Å². The normalized spacial score (nSPS) is 11.8. The van der Waals surface area contributed by atoms with Crippen molar-refractivity contribution in [1.82, 2.24) is 4.98 Å². The molecule has 0 aromatic carbocycles. The Labute approximate surface area is 99.5 Å². The summed E-state index contributed by atoms with van der Waals surface area (Å²) in [6, 6.07) is 0. The van der Waals surface area contributed by atoms with Crippen molar-refractivity contribution in [2.45, 2.75) is 39.0 Å². The van der Waals surface area contributed by atoms with Gasteiger partial charge in [-0.3, -0.25) is 0 Å². The summed E-state index contributed by atoms with van der Waals surface area (Å²) in [5, 5.41) is 9.98. The van der Waals surface area contributed by atoms with E-state index < -0.39 is 5.97 Å². The van der Waals surface area contributed by atoms with Crippen LogP contribution in [0.5, 0.6) is 0 Å². The first kappa shape index (κ1) is 13.1. The van der Waals surface area contributed by atoms with Gasteiger partial charge in [0.2, 0.25) is 0 Å². The first-order chi connectivity index (χ1) is 7.36. The highest BCUT2D eigenvalue weighted by Crippen LogP contribution is 2.30. The van der Waals surface area contributed by atoms with Gasteiger partial charge in [0, 0.05) is 11.8 Å². The molecule has 4 nitrogen and oxygen atoms in total. The van der Waals surface area contributed by atoms with Crippen LogP contribution in [0.3, 0.4) is 0 Å². The maximum absolute atomic E-state index is 11.1. The van der Waals surface area contributed by atoms with Crippen LogP contribution in [0.4, 0.5) is 0 Å². The van der Waals surface area contributed by atoms with E-state index in [2.05, 4.69) is 4.98 Å². The van der Waals surface area contributed by atoms with Gasteiger partial charge in [-0.25, -0.2) is 9.78 Å². The molecule has 0 radical (unpaired) electrons. The highest BCUT2D eigenvalue weighted by molar-refractivity contribution is 7.13. The molecule has 5 heteroatoms. The highest BCUT2D eigenvalue weighted by atomic mass is 32.1. The molecular formula is C11H18N2O2S. The van der Waals surface area contributed by atoms with Gasteiger partial charge in [-0.1, -0.05) is 20.8 Å². The Morgan fingerprint density at radius 3 is 2.50 bits per heavy atom. The van der Waals surface area contributed by atoms with E-state index in [0.29, 0.717) is 17.1 Å². The Morgan fingerprint density at radius 1 is 1.50 bits per heavy atom. The largest absolute Gasteiger partial charge is 0.477 e. The number of hydrogen-bond acceptors (Lipinski definition) is 4. The van der Waals surface area contributed by atoms with E-state index in [0.717, 1.165) is 17.8 Å². The third-order valence-corrected chi connectivity index (χ3v) is 3.27. The molecule has 90 valence electrons. The van der Waals surface area contributed by atoms with Crippen molar-refractivity contribution in [1.29, 1.82) is 0 Å². The summed E-state index contributed by atoms with van der Waals surface area (Å²) in [4.78, 5) is 15.9. The number of carboxylic acids is 1. The molecule has 0 bridgehead atoms. The lowest BCUT2D eigenvalue weighted by molar-refractivity contribution is 0.0699. The lowest BCUT2D eigenvalue weighted by Gasteiger charge is -2.16. The molecule has 16 heavy (non-hydrogen) atoms. The topological polar surface area (TPSA) is 76.2 Å². The van der Waals surface area contributed by atoms with Crippen molar-refractivity contribution in [3.63, 3.8) is 0 Å². The summed E-state index contributed by atoms with van der Waals surface area (Å²) >= 11 is 1.27. The summed E-state index contributed by atoms with van der Waals surface area (Å²) in [6.07, 6.45) is 1.60. The number of hydrogen-bond donors (Lipinski definition) is 2. The molecule has 1 aromatic heterocycles. The number of rotatable bonds is 4. The average molecular weight is 242 g/mol. The number of nitrogens with zero attached hydrogens (tertiary/aromatic N) is 1. The van der Waals surface area contributed by atoms with E-state index in [1.54, 1.807) is 0 Å². The van der Waals surface area contributed by atoms with Crippen molar-refractivity contribution in [3.8, 4) is 0 Å². The van der Waals surface area contributed by atoms with Crippen LogP contribution in [0.15, 0.2) is 0 Å². The van der Waals surface area contributed by atoms with Crippen LogP contribution < -0.4 is 5.73 Å². The predicted octanol–water partition coefficient (Wildman–Crippen LogP) is 2.03. The number of carboxylic acid groups (broad SMARTS) is 1. The highest BCUT2D eigenvalue weighted by Gasteiger charge is 2.26. The minimum absolute atomic E-state index is 0.231. The van der Waals surface area contributed by atoms with Gasteiger partial charge in [-0.2, -0.15) is 0 Å². The number of aryl methyl sites for hydroxylation is 1. The van der Waals surface area contributed by atoms with Gasteiger partial charge in [0.25, 0.3) is 0 Å². The second-order valence-corrected chi connectivity index (χ2v) is 5.82. The van der Waals surface area contributed by atoms with Crippen LogP contribution in [0.1, 0.15) is 47.6 Å². The second-order valence-electron chi connectivity index (χ2n) is 4.73. The summed E-state index contributed by atoms with van der Waals surface area (Å²) in [5.74, 6) is -0.888. The van der Waals surface area contributed by atoms with Crippen molar-refractivity contribution < 1.29 is 9.90 Å². The molecular weight excluding hydrogens is 224 g/mol. The zero-order valence-electron chi connectivity index (χ0n) is 9.91. The smallest absolute Gasteiger partial charge is 0.347 e. The number of nitrogens with two attached hydrogens (primary N) is 1. The molecule has 0 unspecified atom stereocenters. The van der Waals surface area contributed by atoms with Gasteiger partial charge < -0.3 is 10.8 Å². The maximum Gasteiger partial charge on any atom is 0.347 e. The molecule has 1 heterocycles. The van der Waals surface area contributed by atoms with Crippen molar-refractivity contribution >= 4 is 17.3 Å². The van der Waals surface area contributed by atoms with Crippen LogP contribution in [0.25, 0.3) is 0 Å². The molecule has 1 aromatic rings. The van der Waals surface area contributed by atoms with E-state index >= 15 is 0 Å². The Bertz CT molecular complexity index is 380. The van der Waals surface area contributed by atoms with E-state index in [9.17, 15) is 4.79 Å². The lowest BCUT2D eigenvalue weighted by Crippen LogP contribution is -2.16. The van der Waals surface area contributed by atoms with E-state index in [-0.39, 0.29) is 5.41 Å². The van der Waals surface area contributed by atoms with Crippen LogP contribution in [-0.4, -0.2) is 22.6 Å². The standard InChI is InChI=1S/C11H18N2O2S/c1-11(2,3)9-8(10(14)15)16-7(13-9)5-4-6-12/h4-6,12H2,1-3H3,(H,14,15). The van der Waals surface area contributed by atoms with Gasteiger partial charge in [-0.05, 0) is 13.0 Å². The fraction of sp³-hybridized carbons (Fsp3) is 0.636. The molecule has 0 atom stereocenters. The molecule has 0 aliphatic rings. The quantitative estimate of drug-likeness (QED) is 0.847. The van der Waals surface area contributed by atoms with Gasteiger partial charge in [0.05, 0.1) is 10.7 Å². The number of aromatic nitrogens is 1. The molecule has 0 aliphatic carbocycles. The number of thiazole rings is 1. The molecule has 1 rings (SSSR count). The molecule has 0 spiro atoms.